The van der Waals surface area contributed by atoms with Crippen LogP contribution in [0.25, 0.3) is 0 Å². The van der Waals surface area contributed by atoms with Gasteiger partial charge in [-0.05, 0) is 43.2 Å². The molecule has 0 aliphatic rings. The Morgan fingerprint density at radius 1 is 1.35 bits per heavy atom. The van der Waals surface area contributed by atoms with Crippen LogP contribution < -0.4 is 0 Å². The molecule has 17 heavy (non-hydrogen) atoms. The molecular weight excluding hydrogens is 219 g/mol. The molecule has 0 aliphatic carbocycles. The Kier molecular flexibility index (Phi) is 3.03. The molecule has 1 aromatic carbocycles. The zero-order chi connectivity index (χ0) is 12.5. The van der Waals surface area contributed by atoms with Crippen molar-refractivity contribution in [3.63, 3.8) is 0 Å². The first-order valence-electron chi connectivity index (χ1n) is 5.50. The predicted molar refractivity (Wildman–Crippen MR) is 63.1 cm³/mol. The van der Waals surface area contributed by atoms with Crippen molar-refractivity contribution < 1.29 is 13.9 Å². The van der Waals surface area contributed by atoms with Crippen LogP contribution in [-0.4, -0.2) is 5.11 Å². The van der Waals surface area contributed by atoms with Crippen LogP contribution in [0.15, 0.2) is 41.0 Å². The number of halogens is 1. The van der Waals surface area contributed by atoms with E-state index in [-0.39, 0.29) is 5.82 Å². The van der Waals surface area contributed by atoms with Gasteiger partial charge < -0.3 is 9.52 Å². The van der Waals surface area contributed by atoms with Crippen molar-refractivity contribution in [1.29, 1.82) is 0 Å². The van der Waals surface area contributed by atoms with Crippen LogP contribution in [0.1, 0.15) is 23.8 Å². The standard InChI is InChI=1S/C14H15FO2/c1-10-5-6-11(8-13(10)15)14(2,16)9-12-4-3-7-17-12/h3-8,16H,9H2,1-2H3. The molecule has 2 nitrogen and oxygen atoms in total. The van der Waals surface area contributed by atoms with Gasteiger partial charge in [0.05, 0.1) is 11.9 Å². The number of furan rings is 1. The zero-order valence-electron chi connectivity index (χ0n) is 9.90. The lowest BCUT2D eigenvalue weighted by atomic mass is 9.91. The Labute approximate surface area is 99.7 Å². The predicted octanol–water partition coefficient (Wildman–Crippen LogP) is 3.18. The van der Waals surface area contributed by atoms with Crippen LogP contribution in [-0.2, 0) is 12.0 Å². The SMILES string of the molecule is Cc1ccc(C(C)(O)Cc2ccco2)cc1F. The van der Waals surface area contributed by atoms with Crippen molar-refractivity contribution in [3.05, 3.63) is 59.3 Å². The summed E-state index contributed by atoms with van der Waals surface area (Å²) in [6.07, 6.45) is 1.88. The number of hydrogen-bond donors (Lipinski definition) is 1. The quantitative estimate of drug-likeness (QED) is 0.884. The third-order valence-corrected chi connectivity index (χ3v) is 2.89. The molecule has 1 N–H and O–H groups in total. The molecule has 1 atom stereocenters. The van der Waals surface area contributed by atoms with Crippen molar-refractivity contribution in [1.82, 2.24) is 0 Å². The van der Waals surface area contributed by atoms with Gasteiger partial charge in [0.1, 0.15) is 11.6 Å². The molecule has 0 amide bonds. The van der Waals surface area contributed by atoms with E-state index in [1.807, 2.05) is 0 Å². The van der Waals surface area contributed by atoms with Gasteiger partial charge in [0.2, 0.25) is 0 Å². The Balaban J connectivity index is 2.27. The lowest BCUT2D eigenvalue weighted by Crippen LogP contribution is -2.24. The maximum atomic E-state index is 13.5. The number of benzene rings is 1. The van der Waals surface area contributed by atoms with E-state index >= 15 is 0 Å². The molecule has 3 heteroatoms. The number of hydrogen-bond acceptors (Lipinski definition) is 2. The largest absolute Gasteiger partial charge is 0.469 e. The van der Waals surface area contributed by atoms with Crippen LogP contribution in [0.5, 0.6) is 0 Å². The minimum absolute atomic E-state index is 0.304. The molecule has 0 bridgehead atoms. The van der Waals surface area contributed by atoms with Crippen molar-refractivity contribution in [2.45, 2.75) is 25.9 Å². The smallest absolute Gasteiger partial charge is 0.126 e. The van der Waals surface area contributed by atoms with Gasteiger partial charge in [-0.2, -0.15) is 0 Å². The number of aliphatic hydroxyl groups is 1. The van der Waals surface area contributed by atoms with Gasteiger partial charge in [-0.3, -0.25) is 0 Å². The van der Waals surface area contributed by atoms with Gasteiger partial charge in [-0.15, -0.1) is 0 Å². The fraction of sp³-hybridized carbons (Fsp3) is 0.286. The van der Waals surface area contributed by atoms with E-state index in [1.165, 1.54) is 6.07 Å². The van der Waals surface area contributed by atoms with Gasteiger partial charge in [-0.1, -0.05) is 12.1 Å². The van der Waals surface area contributed by atoms with E-state index in [4.69, 9.17) is 4.42 Å². The third-order valence-electron chi connectivity index (χ3n) is 2.89. The number of rotatable bonds is 3. The molecule has 1 heterocycles. The maximum absolute atomic E-state index is 13.5. The fourth-order valence-electron chi connectivity index (χ4n) is 1.78. The Morgan fingerprint density at radius 3 is 2.71 bits per heavy atom. The van der Waals surface area contributed by atoms with Crippen LogP contribution in [0.2, 0.25) is 0 Å². The first-order chi connectivity index (χ1) is 7.99. The summed E-state index contributed by atoms with van der Waals surface area (Å²) in [7, 11) is 0. The summed E-state index contributed by atoms with van der Waals surface area (Å²) in [5.74, 6) is 0.373. The van der Waals surface area contributed by atoms with E-state index in [0.717, 1.165) is 0 Å². The van der Waals surface area contributed by atoms with Gasteiger partial charge in [0.25, 0.3) is 0 Å². The highest BCUT2D eigenvalue weighted by Gasteiger charge is 2.25. The fourth-order valence-corrected chi connectivity index (χ4v) is 1.78. The first-order valence-corrected chi connectivity index (χ1v) is 5.50. The Hall–Kier alpha value is -1.61. The normalized spacial score (nSPS) is 14.6. The molecule has 0 fully saturated rings. The van der Waals surface area contributed by atoms with Gasteiger partial charge in [0, 0.05) is 6.42 Å². The van der Waals surface area contributed by atoms with E-state index in [0.29, 0.717) is 23.3 Å². The third kappa shape index (κ3) is 2.56. The van der Waals surface area contributed by atoms with Gasteiger partial charge in [-0.25, -0.2) is 4.39 Å². The summed E-state index contributed by atoms with van der Waals surface area (Å²) >= 11 is 0. The molecule has 0 radical (unpaired) electrons. The molecule has 0 saturated carbocycles. The summed E-state index contributed by atoms with van der Waals surface area (Å²) in [6.45, 7) is 3.35. The maximum Gasteiger partial charge on any atom is 0.126 e. The monoisotopic (exact) mass is 234 g/mol. The Bertz CT molecular complexity index is 501. The molecule has 90 valence electrons. The van der Waals surface area contributed by atoms with Gasteiger partial charge in [0.15, 0.2) is 0 Å². The van der Waals surface area contributed by atoms with Crippen molar-refractivity contribution in [2.24, 2.45) is 0 Å². The summed E-state index contributed by atoms with van der Waals surface area (Å²) in [5.41, 5.74) is -0.00796. The molecule has 1 unspecified atom stereocenters. The molecular formula is C14H15FO2. The first kappa shape index (κ1) is 11.9. The highest BCUT2D eigenvalue weighted by Crippen LogP contribution is 2.26. The van der Waals surface area contributed by atoms with Crippen molar-refractivity contribution in [2.75, 3.05) is 0 Å². The van der Waals surface area contributed by atoms with E-state index in [9.17, 15) is 9.50 Å². The Morgan fingerprint density at radius 2 is 2.12 bits per heavy atom. The highest BCUT2D eigenvalue weighted by molar-refractivity contribution is 5.28. The van der Waals surface area contributed by atoms with Crippen LogP contribution in [0.4, 0.5) is 4.39 Å². The lowest BCUT2D eigenvalue weighted by Gasteiger charge is -2.23. The average Bonchev–Trinajstić information content (AvgIpc) is 2.73. The van der Waals surface area contributed by atoms with E-state index in [1.54, 1.807) is 44.4 Å². The summed E-state index contributed by atoms with van der Waals surface area (Å²) in [5, 5.41) is 10.3. The summed E-state index contributed by atoms with van der Waals surface area (Å²) < 4.78 is 18.6. The zero-order valence-corrected chi connectivity index (χ0v) is 9.90. The topological polar surface area (TPSA) is 33.4 Å². The van der Waals surface area contributed by atoms with Gasteiger partial charge >= 0.3 is 0 Å². The summed E-state index contributed by atoms with van der Waals surface area (Å²) in [6, 6.07) is 8.33. The second-order valence-electron chi connectivity index (χ2n) is 4.49. The molecule has 2 rings (SSSR count). The van der Waals surface area contributed by atoms with Crippen LogP contribution >= 0.6 is 0 Å². The van der Waals surface area contributed by atoms with Crippen LogP contribution in [0, 0.1) is 12.7 Å². The molecule has 0 saturated heterocycles. The van der Waals surface area contributed by atoms with Crippen molar-refractivity contribution in [3.8, 4) is 0 Å². The van der Waals surface area contributed by atoms with Crippen LogP contribution in [0.3, 0.4) is 0 Å². The number of aryl methyl sites for hydroxylation is 1. The molecule has 2 aromatic rings. The lowest BCUT2D eigenvalue weighted by molar-refractivity contribution is 0.0518. The molecule has 0 aliphatic heterocycles. The van der Waals surface area contributed by atoms with E-state index in [2.05, 4.69) is 0 Å². The molecule has 0 spiro atoms. The van der Waals surface area contributed by atoms with E-state index < -0.39 is 5.60 Å². The minimum Gasteiger partial charge on any atom is -0.469 e. The van der Waals surface area contributed by atoms with Crippen molar-refractivity contribution >= 4 is 0 Å². The highest BCUT2D eigenvalue weighted by atomic mass is 19.1. The second kappa shape index (κ2) is 4.34. The average molecular weight is 234 g/mol. The summed E-state index contributed by atoms with van der Waals surface area (Å²) in [4.78, 5) is 0. The molecule has 1 aromatic heterocycles. The second-order valence-corrected chi connectivity index (χ2v) is 4.49. The minimum atomic E-state index is -1.13.